The Labute approximate surface area is 136 Å². The predicted octanol–water partition coefficient (Wildman–Crippen LogP) is 4.47. The van der Waals surface area contributed by atoms with Gasteiger partial charge in [-0.2, -0.15) is 0 Å². The fourth-order valence-corrected chi connectivity index (χ4v) is 3.04. The molecule has 0 aliphatic rings. The molecule has 3 aromatic rings. The lowest BCUT2D eigenvalue weighted by atomic mass is 10.0. The van der Waals surface area contributed by atoms with Crippen LogP contribution >= 0.6 is 0 Å². The minimum absolute atomic E-state index is 0.0327. The number of carbonyl (C=O) groups excluding carboxylic acids is 1. The summed E-state index contributed by atoms with van der Waals surface area (Å²) in [6.45, 7) is 4.23. The van der Waals surface area contributed by atoms with Gasteiger partial charge in [-0.1, -0.05) is 50.2 Å². The maximum Gasteiger partial charge on any atom is 0.228 e. The lowest BCUT2D eigenvalue weighted by Gasteiger charge is -2.14. The number of aromatic nitrogens is 1. The van der Waals surface area contributed by atoms with Gasteiger partial charge in [-0.3, -0.25) is 4.79 Å². The first-order valence-electron chi connectivity index (χ1n) is 8.18. The molecule has 0 bridgehead atoms. The van der Waals surface area contributed by atoms with Crippen molar-refractivity contribution in [1.82, 2.24) is 4.98 Å². The molecule has 0 aliphatic carbocycles. The first-order valence-corrected chi connectivity index (χ1v) is 8.18. The van der Waals surface area contributed by atoms with E-state index in [0.29, 0.717) is 6.42 Å². The van der Waals surface area contributed by atoms with Crippen LogP contribution in [-0.2, 0) is 24.1 Å². The van der Waals surface area contributed by atoms with Crippen molar-refractivity contribution >= 4 is 22.5 Å². The number of hydrogen-bond donors (Lipinski definition) is 2. The normalized spacial score (nSPS) is 10.9. The summed E-state index contributed by atoms with van der Waals surface area (Å²) >= 11 is 0. The van der Waals surface area contributed by atoms with Gasteiger partial charge in [0.25, 0.3) is 0 Å². The summed E-state index contributed by atoms with van der Waals surface area (Å²) in [5.41, 5.74) is 5.47. The van der Waals surface area contributed by atoms with Gasteiger partial charge in [0.2, 0.25) is 5.91 Å². The van der Waals surface area contributed by atoms with Crippen molar-refractivity contribution in [2.75, 3.05) is 5.32 Å². The molecule has 0 saturated carbocycles. The van der Waals surface area contributed by atoms with Gasteiger partial charge in [-0.15, -0.1) is 0 Å². The van der Waals surface area contributed by atoms with Crippen molar-refractivity contribution in [3.8, 4) is 0 Å². The fourth-order valence-electron chi connectivity index (χ4n) is 3.04. The molecule has 0 saturated heterocycles. The molecule has 3 rings (SSSR count). The Hall–Kier alpha value is -2.55. The van der Waals surface area contributed by atoms with Crippen molar-refractivity contribution < 1.29 is 4.79 Å². The Balaban J connectivity index is 1.83. The number of anilines is 1. The summed E-state index contributed by atoms with van der Waals surface area (Å²) in [5.74, 6) is 0.0327. The summed E-state index contributed by atoms with van der Waals surface area (Å²) < 4.78 is 0. The van der Waals surface area contributed by atoms with E-state index in [2.05, 4.69) is 42.3 Å². The number of fused-ring (bicyclic) bond motifs is 1. The summed E-state index contributed by atoms with van der Waals surface area (Å²) in [4.78, 5) is 15.8. The Morgan fingerprint density at radius 2 is 1.65 bits per heavy atom. The first kappa shape index (κ1) is 15.3. The summed E-state index contributed by atoms with van der Waals surface area (Å²) in [5, 5.41) is 4.24. The molecule has 2 aromatic carbocycles. The van der Waals surface area contributed by atoms with E-state index in [4.69, 9.17) is 0 Å². The highest BCUT2D eigenvalue weighted by atomic mass is 16.1. The Morgan fingerprint density at radius 1 is 0.957 bits per heavy atom. The number of carbonyl (C=O) groups is 1. The molecule has 1 aromatic heterocycles. The van der Waals surface area contributed by atoms with Crippen molar-refractivity contribution in [3.05, 3.63) is 65.4 Å². The standard InChI is InChI=1S/C20H22N2O/c1-3-14-8-7-9-15(4-2)20(14)22-19(23)12-16-13-21-18-11-6-5-10-17(16)18/h5-11,13,21H,3-4,12H2,1-2H3,(H,22,23). The molecule has 0 radical (unpaired) electrons. The Kier molecular flexibility index (Phi) is 4.47. The molecule has 1 heterocycles. The van der Waals surface area contributed by atoms with E-state index in [1.54, 1.807) is 0 Å². The monoisotopic (exact) mass is 306 g/mol. The minimum atomic E-state index is 0.0327. The molecule has 0 spiro atoms. The lowest BCUT2D eigenvalue weighted by molar-refractivity contribution is -0.115. The van der Waals surface area contributed by atoms with E-state index in [1.165, 1.54) is 11.1 Å². The van der Waals surface area contributed by atoms with Crippen LogP contribution in [0.25, 0.3) is 10.9 Å². The van der Waals surface area contributed by atoms with Crippen molar-refractivity contribution in [2.45, 2.75) is 33.1 Å². The van der Waals surface area contributed by atoms with E-state index in [9.17, 15) is 4.79 Å². The maximum absolute atomic E-state index is 12.5. The third kappa shape index (κ3) is 3.14. The SMILES string of the molecule is CCc1cccc(CC)c1NC(=O)Cc1c[nH]c2ccccc12. The Bertz CT molecular complexity index is 810. The highest BCUT2D eigenvalue weighted by molar-refractivity contribution is 5.96. The van der Waals surface area contributed by atoms with Crippen LogP contribution < -0.4 is 5.32 Å². The van der Waals surface area contributed by atoms with Crippen LogP contribution in [0.3, 0.4) is 0 Å². The highest BCUT2D eigenvalue weighted by Gasteiger charge is 2.12. The van der Waals surface area contributed by atoms with Crippen LogP contribution in [0.4, 0.5) is 5.69 Å². The van der Waals surface area contributed by atoms with Crippen molar-refractivity contribution in [3.63, 3.8) is 0 Å². The van der Waals surface area contributed by atoms with Gasteiger partial charge < -0.3 is 10.3 Å². The van der Waals surface area contributed by atoms with E-state index in [-0.39, 0.29) is 5.91 Å². The molecular formula is C20H22N2O. The van der Waals surface area contributed by atoms with Crippen LogP contribution in [0, 0.1) is 0 Å². The molecule has 0 unspecified atom stereocenters. The number of H-pyrrole nitrogens is 1. The number of hydrogen-bond acceptors (Lipinski definition) is 1. The largest absolute Gasteiger partial charge is 0.361 e. The average molecular weight is 306 g/mol. The number of nitrogens with one attached hydrogen (secondary N) is 2. The quantitative estimate of drug-likeness (QED) is 0.717. The third-order valence-electron chi connectivity index (χ3n) is 4.29. The average Bonchev–Trinajstić information content (AvgIpc) is 2.98. The fraction of sp³-hybridized carbons (Fsp3) is 0.250. The molecule has 23 heavy (non-hydrogen) atoms. The molecule has 3 heteroatoms. The van der Waals surface area contributed by atoms with Crippen LogP contribution in [0.15, 0.2) is 48.7 Å². The molecular weight excluding hydrogens is 284 g/mol. The number of rotatable bonds is 5. The van der Waals surface area contributed by atoms with E-state index in [1.807, 2.05) is 30.5 Å². The van der Waals surface area contributed by atoms with Crippen LogP contribution in [0.5, 0.6) is 0 Å². The minimum Gasteiger partial charge on any atom is -0.361 e. The number of amides is 1. The lowest BCUT2D eigenvalue weighted by Crippen LogP contribution is -2.16. The molecule has 3 nitrogen and oxygen atoms in total. The van der Waals surface area contributed by atoms with Crippen LogP contribution in [0.2, 0.25) is 0 Å². The molecule has 2 N–H and O–H groups in total. The summed E-state index contributed by atoms with van der Waals surface area (Å²) in [6, 6.07) is 14.3. The van der Waals surface area contributed by atoms with Gasteiger partial charge in [-0.25, -0.2) is 0 Å². The van der Waals surface area contributed by atoms with Gasteiger partial charge in [0, 0.05) is 22.8 Å². The van der Waals surface area contributed by atoms with Crippen LogP contribution in [0.1, 0.15) is 30.5 Å². The van der Waals surface area contributed by atoms with Gasteiger partial charge >= 0.3 is 0 Å². The predicted molar refractivity (Wildman–Crippen MR) is 95.8 cm³/mol. The second-order valence-electron chi connectivity index (χ2n) is 5.74. The van der Waals surface area contributed by atoms with Crippen molar-refractivity contribution in [1.29, 1.82) is 0 Å². The number of aryl methyl sites for hydroxylation is 2. The first-order chi connectivity index (χ1) is 11.2. The molecule has 0 atom stereocenters. The second kappa shape index (κ2) is 6.69. The molecule has 0 aliphatic heterocycles. The van der Waals surface area contributed by atoms with Gasteiger partial charge in [0.05, 0.1) is 6.42 Å². The molecule has 0 fully saturated rings. The van der Waals surface area contributed by atoms with Crippen molar-refractivity contribution in [2.24, 2.45) is 0 Å². The third-order valence-corrected chi connectivity index (χ3v) is 4.29. The van der Waals surface area contributed by atoms with Gasteiger partial charge in [0.1, 0.15) is 0 Å². The number of para-hydroxylation sites is 2. The Morgan fingerprint density at radius 3 is 2.35 bits per heavy atom. The number of benzene rings is 2. The highest BCUT2D eigenvalue weighted by Crippen LogP contribution is 2.24. The second-order valence-corrected chi connectivity index (χ2v) is 5.74. The summed E-state index contributed by atoms with van der Waals surface area (Å²) in [7, 11) is 0. The zero-order valence-corrected chi connectivity index (χ0v) is 13.6. The van der Waals surface area contributed by atoms with E-state index >= 15 is 0 Å². The summed E-state index contributed by atoms with van der Waals surface area (Å²) in [6.07, 6.45) is 4.13. The van der Waals surface area contributed by atoms with Gasteiger partial charge in [-0.05, 0) is 35.6 Å². The molecule has 118 valence electrons. The van der Waals surface area contributed by atoms with E-state index in [0.717, 1.165) is 35.0 Å². The zero-order chi connectivity index (χ0) is 16.2. The topological polar surface area (TPSA) is 44.9 Å². The van der Waals surface area contributed by atoms with Gasteiger partial charge in [0.15, 0.2) is 0 Å². The smallest absolute Gasteiger partial charge is 0.228 e. The number of aromatic amines is 1. The zero-order valence-electron chi connectivity index (χ0n) is 13.6. The van der Waals surface area contributed by atoms with Crippen LogP contribution in [-0.4, -0.2) is 10.9 Å². The molecule has 1 amide bonds. The maximum atomic E-state index is 12.5. The van der Waals surface area contributed by atoms with E-state index < -0.39 is 0 Å².